The van der Waals surface area contributed by atoms with Crippen molar-refractivity contribution in [2.45, 2.75) is 25.2 Å². The maximum atomic E-state index is 12.8. The summed E-state index contributed by atoms with van der Waals surface area (Å²) in [4.78, 5) is 16.9. The maximum absolute atomic E-state index is 12.8. The molecule has 6 nitrogen and oxygen atoms in total. The molecule has 8 heteroatoms. The highest BCUT2D eigenvalue weighted by atomic mass is 35.5. The van der Waals surface area contributed by atoms with E-state index in [1.54, 1.807) is 18.2 Å². The first-order valence-corrected chi connectivity index (χ1v) is 10.1. The number of rotatable bonds is 5. The molecule has 0 radical (unpaired) electrons. The first kappa shape index (κ1) is 20.5. The number of benzene rings is 2. The lowest BCUT2D eigenvalue weighted by Crippen LogP contribution is -2.34. The molecule has 0 bridgehead atoms. The van der Waals surface area contributed by atoms with Crippen LogP contribution in [0.4, 0.5) is 5.82 Å². The van der Waals surface area contributed by atoms with Crippen molar-refractivity contribution in [1.82, 2.24) is 10.3 Å². The summed E-state index contributed by atoms with van der Waals surface area (Å²) in [5.74, 6) is -0.00383. The third-order valence-electron chi connectivity index (χ3n) is 5.07. The summed E-state index contributed by atoms with van der Waals surface area (Å²) in [5.41, 5.74) is 8.71. The van der Waals surface area contributed by atoms with Gasteiger partial charge >= 0.3 is 0 Å². The normalized spacial score (nSPS) is 17.4. The fourth-order valence-electron chi connectivity index (χ4n) is 3.49. The molecule has 0 saturated heterocycles. The summed E-state index contributed by atoms with van der Waals surface area (Å²) in [6.07, 6.45) is 1.17. The van der Waals surface area contributed by atoms with Gasteiger partial charge in [0.15, 0.2) is 11.6 Å². The molecular weight excluding hydrogens is 425 g/mol. The molecule has 0 spiro atoms. The molecule has 1 aliphatic rings. The molecular formula is C22H19Cl2N3O3. The fourth-order valence-corrected chi connectivity index (χ4v) is 3.99. The van der Waals surface area contributed by atoms with Crippen molar-refractivity contribution in [3.05, 3.63) is 87.0 Å². The van der Waals surface area contributed by atoms with Crippen LogP contribution in [0.3, 0.4) is 0 Å². The van der Waals surface area contributed by atoms with Crippen LogP contribution in [-0.2, 0) is 13.0 Å². The number of halogens is 2. The van der Waals surface area contributed by atoms with E-state index in [1.807, 2.05) is 24.3 Å². The number of anilines is 1. The van der Waals surface area contributed by atoms with Gasteiger partial charge in [-0.2, -0.15) is 0 Å². The van der Waals surface area contributed by atoms with E-state index >= 15 is 0 Å². The third kappa shape index (κ3) is 4.07. The van der Waals surface area contributed by atoms with E-state index in [1.165, 1.54) is 12.3 Å². The van der Waals surface area contributed by atoms with Gasteiger partial charge in [0.05, 0.1) is 17.7 Å². The Morgan fingerprint density at radius 3 is 2.70 bits per heavy atom. The van der Waals surface area contributed by atoms with Crippen LogP contribution in [0.15, 0.2) is 54.7 Å². The van der Waals surface area contributed by atoms with Crippen LogP contribution >= 0.6 is 23.2 Å². The molecule has 4 rings (SSSR count). The van der Waals surface area contributed by atoms with E-state index in [2.05, 4.69) is 10.3 Å². The second kappa shape index (κ2) is 8.52. The van der Waals surface area contributed by atoms with E-state index in [-0.39, 0.29) is 29.6 Å². The number of carbonyl (C=O) groups excluding carboxylic acids is 1. The van der Waals surface area contributed by atoms with Gasteiger partial charge in [-0.15, -0.1) is 0 Å². The summed E-state index contributed by atoms with van der Waals surface area (Å²) in [5, 5.41) is 14.2. The fraction of sp³-hybridized carbons (Fsp3) is 0.182. The van der Waals surface area contributed by atoms with E-state index in [0.717, 1.165) is 11.1 Å². The van der Waals surface area contributed by atoms with Crippen molar-refractivity contribution in [3.63, 3.8) is 0 Å². The number of aliphatic hydroxyl groups is 1. The zero-order valence-electron chi connectivity index (χ0n) is 15.8. The van der Waals surface area contributed by atoms with E-state index in [0.29, 0.717) is 22.0 Å². The molecule has 2 atom stereocenters. The minimum Gasteiger partial charge on any atom is -0.485 e. The number of nitrogens with zero attached hydrogens (tertiary/aromatic N) is 1. The average molecular weight is 444 g/mol. The lowest BCUT2D eigenvalue weighted by atomic mass is 10.1. The quantitative estimate of drug-likeness (QED) is 0.554. The minimum absolute atomic E-state index is 0.0736. The van der Waals surface area contributed by atoms with Crippen molar-refractivity contribution < 1.29 is 14.6 Å². The van der Waals surface area contributed by atoms with Crippen LogP contribution in [-0.4, -0.2) is 22.1 Å². The number of pyridine rings is 1. The number of fused-ring (bicyclic) bond motifs is 1. The molecule has 3 aromatic rings. The second-order valence-corrected chi connectivity index (χ2v) is 7.83. The summed E-state index contributed by atoms with van der Waals surface area (Å²) < 4.78 is 5.74. The smallest absolute Gasteiger partial charge is 0.253 e. The molecule has 0 aliphatic heterocycles. The van der Waals surface area contributed by atoms with Crippen LogP contribution in [0.2, 0.25) is 10.0 Å². The second-order valence-electron chi connectivity index (χ2n) is 7.02. The van der Waals surface area contributed by atoms with Crippen LogP contribution in [0.25, 0.3) is 0 Å². The van der Waals surface area contributed by atoms with Crippen LogP contribution in [0.1, 0.15) is 33.1 Å². The topological polar surface area (TPSA) is 97.5 Å². The third-order valence-corrected chi connectivity index (χ3v) is 5.78. The standard InChI is InChI=1S/C22H19Cl2N3O3/c23-16-6-3-7-17(24)15(16)11-30-19-9-13(10-26-21(19)25)22(29)27-20-14-5-2-1-4-12(14)8-18(20)28/h1-7,9-10,18,20,28H,8,11H2,(H2,25,26)(H,27,29)/t18-,20+/m0/s1. The van der Waals surface area contributed by atoms with Crippen molar-refractivity contribution in [3.8, 4) is 5.75 Å². The zero-order chi connectivity index (χ0) is 21.3. The zero-order valence-corrected chi connectivity index (χ0v) is 17.3. The van der Waals surface area contributed by atoms with Crippen molar-refractivity contribution in [2.24, 2.45) is 0 Å². The predicted molar refractivity (Wildman–Crippen MR) is 116 cm³/mol. The molecule has 30 heavy (non-hydrogen) atoms. The Morgan fingerprint density at radius 1 is 1.20 bits per heavy atom. The minimum atomic E-state index is -0.689. The van der Waals surface area contributed by atoms with Crippen LogP contribution < -0.4 is 15.8 Å². The lowest BCUT2D eigenvalue weighted by Gasteiger charge is -2.18. The Bertz CT molecular complexity index is 1090. The predicted octanol–water partition coefficient (Wildman–Crippen LogP) is 3.94. The van der Waals surface area contributed by atoms with Gasteiger partial charge in [-0.05, 0) is 29.3 Å². The Balaban J connectivity index is 1.51. The molecule has 2 aromatic carbocycles. The number of nitrogens with one attached hydrogen (secondary N) is 1. The van der Waals surface area contributed by atoms with E-state index in [9.17, 15) is 9.90 Å². The highest BCUT2D eigenvalue weighted by Gasteiger charge is 2.32. The lowest BCUT2D eigenvalue weighted by molar-refractivity contribution is 0.0857. The molecule has 1 aromatic heterocycles. The number of amides is 1. The SMILES string of the molecule is Nc1ncc(C(=O)N[C@@H]2c3ccccc3C[C@@H]2O)cc1OCc1c(Cl)cccc1Cl. The molecule has 154 valence electrons. The van der Waals surface area contributed by atoms with Crippen LogP contribution in [0, 0.1) is 0 Å². The maximum Gasteiger partial charge on any atom is 0.253 e. The van der Waals surface area contributed by atoms with Gasteiger partial charge in [0.25, 0.3) is 5.91 Å². The van der Waals surface area contributed by atoms with Crippen LogP contribution in [0.5, 0.6) is 5.75 Å². The summed E-state index contributed by atoms with van der Waals surface area (Å²) in [7, 11) is 0. The van der Waals surface area contributed by atoms with Gasteiger partial charge < -0.3 is 20.9 Å². The van der Waals surface area contributed by atoms with Gasteiger partial charge in [-0.1, -0.05) is 53.5 Å². The van der Waals surface area contributed by atoms with Gasteiger partial charge in [-0.3, -0.25) is 4.79 Å². The molecule has 1 heterocycles. The number of nitrogen functional groups attached to an aromatic ring is 1. The molecule has 0 saturated carbocycles. The number of nitrogens with two attached hydrogens (primary N) is 1. The van der Waals surface area contributed by atoms with Crippen molar-refractivity contribution in [2.75, 3.05) is 5.73 Å². The Labute approximate surface area is 183 Å². The number of ether oxygens (including phenoxy) is 1. The van der Waals surface area contributed by atoms with Gasteiger partial charge in [0.1, 0.15) is 6.61 Å². The molecule has 1 aliphatic carbocycles. The number of hydrogen-bond donors (Lipinski definition) is 3. The van der Waals surface area contributed by atoms with Gasteiger partial charge in [0.2, 0.25) is 0 Å². The van der Waals surface area contributed by atoms with Gasteiger partial charge in [-0.25, -0.2) is 4.98 Å². The Kier molecular flexibility index (Phi) is 5.81. The largest absolute Gasteiger partial charge is 0.485 e. The number of carbonyl (C=O) groups is 1. The first-order valence-electron chi connectivity index (χ1n) is 9.32. The molecule has 1 amide bonds. The van der Waals surface area contributed by atoms with E-state index in [4.69, 9.17) is 33.7 Å². The van der Waals surface area contributed by atoms with E-state index < -0.39 is 12.1 Å². The Hall–Kier alpha value is -2.80. The number of aromatic nitrogens is 1. The Morgan fingerprint density at radius 2 is 1.93 bits per heavy atom. The highest BCUT2D eigenvalue weighted by Crippen LogP contribution is 2.32. The van der Waals surface area contributed by atoms with Gasteiger partial charge in [0, 0.05) is 28.2 Å². The molecule has 4 N–H and O–H groups in total. The highest BCUT2D eigenvalue weighted by molar-refractivity contribution is 6.35. The average Bonchev–Trinajstić information content (AvgIpc) is 3.04. The number of hydrogen-bond acceptors (Lipinski definition) is 5. The first-order chi connectivity index (χ1) is 14.4. The van der Waals surface area contributed by atoms with Crippen molar-refractivity contribution >= 4 is 34.9 Å². The molecule has 0 fully saturated rings. The summed E-state index contributed by atoms with van der Waals surface area (Å²) >= 11 is 12.3. The summed E-state index contributed by atoms with van der Waals surface area (Å²) in [6, 6.07) is 13.8. The van der Waals surface area contributed by atoms with Crippen molar-refractivity contribution in [1.29, 1.82) is 0 Å². The molecule has 0 unspecified atom stereocenters. The number of aliphatic hydroxyl groups excluding tert-OH is 1. The summed E-state index contributed by atoms with van der Waals surface area (Å²) in [6.45, 7) is 0.0736. The monoisotopic (exact) mass is 443 g/mol.